The summed E-state index contributed by atoms with van der Waals surface area (Å²) in [4.78, 5) is 0. The van der Waals surface area contributed by atoms with Gasteiger partial charge in [0.15, 0.2) is 0 Å². The summed E-state index contributed by atoms with van der Waals surface area (Å²) in [5.74, 6) is 0.199. The molecule has 1 aromatic heterocycles. The van der Waals surface area contributed by atoms with Crippen LogP contribution in [0.2, 0.25) is 0 Å². The van der Waals surface area contributed by atoms with Gasteiger partial charge in [0.1, 0.15) is 0 Å². The molecule has 2 aliphatic rings. The van der Waals surface area contributed by atoms with Gasteiger partial charge in [-0.05, 0) is 114 Å². The van der Waals surface area contributed by atoms with Crippen molar-refractivity contribution in [2.75, 3.05) is 0 Å². The fraction of sp³-hybridized carbons (Fsp3) is 0.0370. The first-order valence-corrected chi connectivity index (χ1v) is 19.3. The number of fused-ring (bicyclic) bond motifs is 11. The first kappa shape index (κ1) is 30.5. The molecule has 0 amide bonds. The van der Waals surface area contributed by atoms with Crippen molar-refractivity contribution in [3.8, 4) is 50.2 Å². The van der Waals surface area contributed by atoms with Gasteiger partial charge in [-0.3, -0.25) is 0 Å². The molecule has 10 aromatic rings. The van der Waals surface area contributed by atoms with E-state index in [4.69, 9.17) is 0 Å². The Balaban J connectivity index is 1.05. The lowest BCUT2D eigenvalue weighted by molar-refractivity contribution is 1.03. The molecule has 1 heteroatoms. The van der Waals surface area contributed by atoms with Gasteiger partial charge in [0.2, 0.25) is 0 Å². The first-order chi connectivity index (χ1) is 27.3. The summed E-state index contributed by atoms with van der Waals surface area (Å²) in [6.07, 6.45) is 0.970. The number of hydrogen-bond acceptors (Lipinski definition) is 0. The summed E-state index contributed by atoms with van der Waals surface area (Å²) in [6.45, 7) is 0. The lowest BCUT2D eigenvalue weighted by Gasteiger charge is -2.17. The highest BCUT2D eigenvalue weighted by molar-refractivity contribution is 6.16. The minimum atomic E-state index is 0.199. The van der Waals surface area contributed by atoms with Crippen LogP contribution in [-0.4, -0.2) is 4.57 Å². The van der Waals surface area contributed by atoms with Crippen molar-refractivity contribution in [2.24, 2.45) is 0 Å². The zero-order chi connectivity index (χ0) is 36.0. The Morgan fingerprint density at radius 2 is 1.05 bits per heavy atom. The van der Waals surface area contributed by atoms with Gasteiger partial charge < -0.3 is 4.57 Å². The molecule has 1 unspecified atom stereocenters. The Morgan fingerprint density at radius 3 is 1.96 bits per heavy atom. The minimum Gasteiger partial charge on any atom is -0.309 e. The number of hydrogen-bond donors (Lipinski definition) is 0. The molecule has 0 spiro atoms. The van der Waals surface area contributed by atoms with E-state index in [-0.39, 0.29) is 5.92 Å². The molecule has 0 N–H and O–H groups in total. The van der Waals surface area contributed by atoms with E-state index in [9.17, 15) is 0 Å². The summed E-state index contributed by atoms with van der Waals surface area (Å²) in [7, 11) is 0. The van der Waals surface area contributed by atoms with Crippen LogP contribution in [0.25, 0.3) is 82.8 Å². The normalized spacial score (nSPS) is 13.9. The fourth-order valence-electron chi connectivity index (χ4n) is 9.82. The van der Waals surface area contributed by atoms with E-state index in [1.807, 2.05) is 0 Å². The van der Waals surface area contributed by atoms with E-state index >= 15 is 0 Å². The van der Waals surface area contributed by atoms with Crippen LogP contribution in [0.3, 0.4) is 0 Å². The van der Waals surface area contributed by atoms with Crippen LogP contribution in [0, 0.1) is 0 Å². The summed E-state index contributed by atoms with van der Waals surface area (Å²) in [5, 5.41) is 5.19. The molecule has 55 heavy (non-hydrogen) atoms. The molecule has 1 atom stereocenters. The van der Waals surface area contributed by atoms with Crippen molar-refractivity contribution in [1.29, 1.82) is 0 Å². The van der Waals surface area contributed by atoms with Gasteiger partial charge in [-0.2, -0.15) is 0 Å². The Labute approximate surface area is 320 Å². The topological polar surface area (TPSA) is 4.93 Å². The van der Waals surface area contributed by atoms with Crippen LogP contribution in [0.4, 0.5) is 0 Å². The van der Waals surface area contributed by atoms with E-state index in [0.29, 0.717) is 0 Å². The molecule has 256 valence electrons. The predicted molar refractivity (Wildman–Crippen MR) is 230 cm³/mol. The average Bonchev–Trinajstić information content (AvgIpc) is 3.91. The Morgan fingerprint density at radius 1 is 0.382 bits per heavy atom. The van der Waals surface area contributed by atoms with Gasteiger partial charge in [-0.1, -0.05) is 164 Å². The van der Waals surface area contributed by atoms with Crippen LogP contribution < -0.4 is 0 Å². The largest absolute Gasteiger partial charge is 0.309 e. The maximum Gasteiger partial charge on any atom is 0.0622 e. The SMILES string of the molecule is c1ccc(-c2ccc(-n3c4ccc(-c5ccc6c(c5)-c5ccccc5C6c5cccc6ccccc56)cc4c4ccc5c(c43)-c3ccccc3C5)cc2)cc1. The summed E-state index contributed by atoms with van der Waals surface area (Å²) in [6, 6.07) is 72.3. The molecule has 0 radical (unpaired) electrons. The van der Waals surface area contributed by atoms with E-state index in [2.05, 4.69) is 199 Å². The fourth-order valence-corrected chi connectivity index (χ4v) is 9.82. The van der Waals surface area contributed by atoms with Crippen molar-refractivity contribution < 1.29 is 0 Å². The molecule has 9 aromatic carbocycles. The van der Waals surface area contributed by atoms with E-state index in [1.54, 1.807) is 0 Å². The molecule has 0 saturated heterocycles. The lowest BCUT2D eigenvalue weighted by Crippen LogP contribution is -2.00. The lowest BCUT2D eigenvalue weighted by atomic mass is 9.86. The summed E-state index contributed by atoms with van der Waals surface area (Å²) in [5.41, 5.74) is 21.0. The molecule has 1 nitrogen and oxygen atoms in total. The van der Waals surface area contributed by atoms with Crippen molar-refractivity contribution in [2.45, 2.75) is 12.3 Å². The van der Waals surface area contributed by atoms with Crippen LogP contribution in [0.1, 0.15) is 33.7 Å². The van der Waals surface area contributed by atoms with Crippen molar-refractivity contribution in [1.82, 2.24) is 4.57 Å². The third-order valence-electron chi connectivity index (χ3n) is 12.3. The Kier molecular flexibility index (Phi) is 6.53. The number of benzene rings is 9. The molecule has 0 aliphatic heterocycles. The molecule has 0 saturated carbocycles. The first-order valence-electron chi connectivity index (χ1n) is 19.3. The standard InChI is InChI=1S/C54H35N/c1-2-11-34(12-3-1)35-21-26-41(27-22-35)55-51-30-25-38(33-50(51)48-29-24-40-31-39-14-5-7-17-43(39)52(40)54(48)55)37-23-28-47-49(32-37)44-18-8-9-19-46(44)53(47)45-20-10-15-36-13-4-6-16-42(36)45/h1-30,32-33,53H,31H2. The van der Waals surface area contributed by atoms with Crippen LogP contribution in [0.15, 0.2) is 194 Å². The highest BCUT2D eigenvalue weighted by Gasteiger charge is 2.31. The van der Waals surface area contributed by atoms with Crippen molar-refractivity contribution in [3.05, 3.63) is 222 Å². The second kappa shape index (κ2) is 11.8. The molecular formula is C54H35N. The van der Waals surface area contributed by atoms with Gasteiger partial charge in [0, 0.05) is 27.9 Å². The zero-order valence-electron chi connectivity index (χ0n) is 30.2. The maximum absolute atomic E-state index is 2.51. The zero-order valence-corrected chi connectivity index (χ0v) is 30.2. The van der Waals surface area contributed by atoms with Gasteiger partial charge in [0.25, 0.3) is 0 Å². The number of nitrogens with zero attached hydrogens (tertiary/aromatic N) is 1. The average molecular weight is 698 g/mol. The van der Waals surface area contributed by atoms with Crippen LogP contribution >= 0.6 is 0 Å². The van der Waals surface area contributed by atoms with E-state index in [1.165, 1.54) is 111 Å². The van der Waals surface area contributed by atoms with Crippen LogP contribution in [-0.2, 0) is 6.42 Å². The Bertz CT molecular complexity index is 3160. The number of aromatic nitrogens is 1. The predicted octanol–water partition coefficient (Wildman–Crippen LogP) is 14.0. The quantitative estimate of drug-likeness (QED) is 0.173. The van der Waals surface area contributed by atoms with Crippen LogP contribution in [0.5, 0.6) is 0 Å². The van der Waals surface area contributed by atoms with Gasteiger partial charge in [-0.15, -0.1) is 0 Å². The monoisotopic (exact) mass is 697 g/mol. The number of rotatable bonds is 4. The third kappa shape index (κ3) is 4.54. The van der Waals surface area contributed by atoms with E-state index in [0.717, 1.165) is 6.42 Å². The van der Waals surface area contributed by atoms with Crippen molar-refractivity contribution >= 4 is 32.6 Å². The Hall–Kier alpha value is -6.96. The second-order valence-electron chi connectivity index (χ2n) is 15.2. The van der Waals surface area contributed by atoms with Crippen molar-refractivity contribution in [3.63, 3.8) is 0 Å². The molecule has 12 rings (SSSR count). The summed E-state index contributed by atoms with van der Waals surface area (Å²) < 4.78 is 2.51. The highest BCUT2D eigenvalue weighted by Crippen LogP contribution is 2.51. The molecule has 2 aliphatic carbocycles. The smallest absolute Gasteiger partial charge is 0.0622 e. The van der Waals surface area contributed by atoms with Gasteiger partial charge >= 0.3 is 0 Å². The third-order valence-corrected chi connectivity index (χ3v) is 12.3. The van der Waals surface area contributed by atoms with E-state index < -0.39 is 0 Å². The molecule has 1 heterocycles. The maximum atomic E-state index is 2.51. The molecule has 0 fully saturated rings. The summed E-state index contributed by atoms with van der Waals surface area (Å²) >= 11 is 0. The minimum absolute atomic E-state index is 0.199. The molecule has 0 bridgehead atoms. The second-order valence-corrected chi connectivity index (χ2v) is 15.2. The van der Waals surface area contributed by atoms with Gasteiger partial charge in [-0.25, -0.2) is 0 Å². The highest BCUT2D eigenvalue weighted by atomic mass is 15.0. The molecular weight excluding hydrogens is 663 g/mol. The van der Waals surface area contributed by atoms with Gasteiger partial charge in [0.05, 0.1) is 11.0 Å².